The number of carbonyl (C=O) groups is 1. The van der Waals surface area contributed by atoms with E-state index in [-0.39, 0.29) is 11.3 Å². The topological polar surface area (TPSA) is 41.6 Å². The zero-order chi connectivity index (χ0) is 18.0. The Morgan fingerprint density at radius 2 is 1.76 bits per heavy atom. The highest BCUT2D eigenvalue weighted by Gasteiger charge is 2.40. The van der Waals surface area contributed by atoms with Crippen LogP contribution in [0.4, 0.5) is 0 Å². The number of benzene rings is 1. The van der Waals surface area contributed by atoms with Gasteiger partial charge in [0.15, 0.2) is 0 Å². The Bertz CT molecular complexity index is 494. The predicted octanol–water partition coefficient (Wildman–Crippen LogP) is 3.36. The van der Waals surface area contributed by atoms with E-state index in [0.29, 0.717) is 13.2 Å². The molecule has 1 amide bonds. The highest BCUT2D eigenvalue weighted by molar-refractivity contribution is 5.88. The van der Waals surface area contributed by atoms with E-state index >= 15 is 0 Å². The van der Waals surface area contributed by atoms with E-state index in [2.05, 4.69) is 36.2 Å². The van der Waals surface area contributed by atoms with Crippen molar-refractivity contribution in [1.82, 2.24) is 10.2 Å². The summed E-state index contributed by atoms with van der Waals surface area (Å²) >= 11 is 0. The number of likely N-dealkylation sites (N-methyl/N-ethyl adjacent to an activating group) is 1. The molecule has 0 atom stereocenters. The third-order valence-corrected chi connectivity index (χ3v) is 5.45. The highest BCUT2D eigenvalue weighted by Crippen LogP contribution is 2.39. The lowest BCUT2D eigenvalue weighted by Gasteiger charge is -2.36. The molecule has 1 aliphatic rings. The lowest BCUT2D eigenvalue weighted by molar-refractivity contribution is -0.128. The molecule has 140 valence electrons. The normalized spacial score (nSPS) is 16.8. The van der Waals surface area contributed by atoms with Gasteiger partial charge in [-0.1, -0.05) is 63.4 Å². The van der Waals surface area contributed by atoms with E-state index in [1.807, 2.05) is 18.2 Å². The molecule has 1 saturated carbocycles. The first-order chi connectivity index (χ1) is 12.2. The van der Waals surface area contributed by atoms with Crippen LogP contribution in [0.15, 0.2) is 30.3 Å². The summed E-state index contributed by atoms with van der Waals surface area (Å²) in [7, 11) is 0. The Labute approximate surface area is 152 Å². The molecular weight excluding hydrogens is 312 g/mol. The van der Waals surface area contributed by atoms with Crippen molar-refractivity contribution in [1.29, 1.82) is 0 Å². The van der Waals surface area contributed by atoms with Crippen molar-refractivity contribution in [2.24, 2.45) is 0 Å². The lowest BCUT2D eigenvalue weighted by Crippen LogP contribution is -2.46. The maximum absolute atomic E-state index is 13.0. The van der Waals surface area contributed by atoms with E-state index < -0.39 is 0 Å². The summed E-state index contributed by atoms with van der Waals surface area (Å²) in [6.07, 6.45) is 5.39. The van der Waals surface area contributed by atoms with Gasteiger partial charge >= 0.3 is 0 Å². The Balaban J connectivity index is 1.81. The molecule has 0 aliphatic heterocycles. The second-order valence-electron chi connectivity index (χ2n) is 6.90. The first-order valence-electron chi connectivity index (χ1n) is 9.87. The average molecular weight is 347 g/mol. The van der Waals surface area contributed by atoms with Crippen LogP contribution in [0.1, 0.15) is 51.5 Å². The van der Waals surface area contributed by atoms with Gasteiger partial charge in [-0.05, 0) is 31.5 Å². The highest BCUT2D eigenvalue weighted by atomic mass is 16.5. The number of nitrogens with zero attached hydrogens (tertiary/aromatic N) is 1. The second kappa shape index (κ2) is 10.6. The van der Waals surface area contributed by atoms with Crippen molar-refractivity contribution in [3.63, 3.8) is 0 Å². The molecule has 4 heteroatoms. The van der Waals surface area contributed by atoms with Crippen LogP contribution >= 0.6 is 0 Å². The maximum atomic E-state index is 13.0. The molecule has 2 rings (SSSR count). The van der Waals surface area contributed by atoms with Gasteiger partial charge in [-0.15, -0.1) is 0 Å². The van der Waals surface area contributed by atoms with Gasteiger partial charge in [0.05, 0.1) is 18.6 Å². The number of hydrogen-bond acceptors (Lipinski definition) is 3. The van der Waals surface area contributed by atoms with Crippen molar-refractivity contribution in [2.45, 2.75) is 51.4 Å². The number of rotatable bonds is 10. The van der Waals surface area contributed by atoms with Crippen molar-refractivity contribution >= 4 is 5.91 Å². The molecule has 1 aromatic rings. The summed E-state index contributed by atoms with van der Waals surface area (Å²) < 4.78 is 5.69. The van der Waals surface area contributed by atoms with Gasteiger partial charge in [0.1, 0.15) is 0 Å². The van der Waals surface area contributed by atoms with Crippen LogP contribution in [0.3, 0.4) is 0 Å². The van der Waals surface area contributed by atoms with E-state index in [0.717, 1.165) is 57.5 Å². The van der Waals surface area contributed by atoms with Gasteiger partial charge in [0.2, 0.25) is 5.91 Å². The Kier molecular flexibility index (Phi) is 8.42. The molecule has 1 fully saturated rings. The fourth-order valence-electron chi connectivity index (χ4n) is 3.80. The Hall–Kier alpha value is -1.39. The van der Waals surface area contributed by atoms with E-state index in [1.54, 1.807) is 0 Å². The van der Waals surface area contributed by atoms with Crippen LogP contribution < -0.4 is 5.32 Å². The number of amides is 1. The largest absolute Gasteiger partial charge is 0.378 e. The number of hydrogen-bond donors (Lipinski definition) is 1. The molecule has 4 nitrogen and oxygen atoms in total. The second-order valence-corrected chi connectivity index (χ2v) is 6.90. The molecule has 0 heterocycles. The average Bonchev–Trinajstić information content (AvgIpc) is 2.68. The van der Waals surface area contributed by atoms with Crippen molar-refractivity contribution in [3.8, 4) is 0 Å². The molecule has 1 aromatic carbocycles. The van der Waals surface area contributed by atoms with Gasteiger partial charge in [-0.3, -0.25) is 4.79 Å². The summed E-state index contributed by atoms with van der Waals surface area (Å²) in [4.78, 5) is 15.3. The molecule has 0 spiro atoms. The molecule has 0 radical (unpaired) electrons. The lowest BCUT2D eigenvalue weighted by atomic mass is 9.68. The fraction of sp³-hybridized carbons (Fsp3) is 0.667. The van der Waals surface area contributed by atoms with Gasteiger partial charge in [-0.25, -0.2) is 0 Å². The van der Waals surface area contributed by atoms with E-state index in [9.17, 15) is 4.79 Å². The zero-order valence-electron chi connectivity index (χ0n) is 15.9. The van der Waals surface area contributed by atoms with Gasteiger partial charge in [-0.2, -0.15) is 0 Å². The molecule has 1 aliphatic carbocycles. The Morgan fingerprint density at radius 1 is 1.08 bits per heavy atom. The van der Waals surface area contributed by atoms with E-state index in [1.165, 1.54) is 6.42 Å². The molecular formula is C21H34N2O2. The van der Waals surface area contributed by atoms with Crippen LogP contribution in [0.25, 0.3) is 0 Å². The van der Waals surface area contributed by atoms with Crippen LogP contribution in [0.5, 0.6) is 0 Å². The summed E-state index contributed by atoms with van der Waals surface area (Å²) in [5, 5.41) is 3.13. The van der Waals surface area contributed by atoms with Gasteiger partial charge < -0.3 is 15.0 Å². The maximum Gasteiger partial charge on any atom is 0.230 e. The van der Waals surface area contributed by atoms with E-state index in [4.69, 9.17) is 4.74 Å². The van der Waals surface area contributed by atoms with Crippen molar-refractivity contribution < 1.29 is 9.53 Å². The number of nitrogens with one attached hydrogen (secondary N) is 1. The standard InChI is InChI=1S/C21H34N2O2/c1-3-23(4-2)16-18-25-17-15-22-20(24)21(13-9-6-10-14-21)19-11-7-5-8-12-19/h5,7-8,11-12H,3-4,6,9-10,13-18H2,1-2H3,(H,22,24). The predicted molar refractivity (Wildman–Crippen MR) is 103 cm³/mol. The first-order valence-corrected chi connectivity index (χ1v) is 9.87. The Morgan fingerprint density at radius 3 is 2.40 bits per heavy atom. The summed E-state index contributed by atoms with van der Waals surface area (Å²) in [6, 6.07) is 10.3. The van der Waals surface area contributed by atoms with Gasteiger partial charge in [0.25, 0.3) is 0 Å². The monoisotopic (exact) mass is 346 g/mol. The zero-order valence-corrected chi connectivity index (χ0v) is 15.9. The fourth-order valence-corrected chi connectivity index (χ4v) is 3.80. The van der Waals surface area contributed by atoms with Crippen molar-refractivity contribution in [3.05, 3.63) is 35.9 Å². The number of carbonyl (C=O) groups excluding carboxylic acids is 1. The molecule has 0 aromatic heterocycles. The molecule has 0 bridgehead atoms. The minimum Gasteiger partial charge on any atom is -0.378 e. The third kappa shape index (κ3) is 5.55. The SMILES string of the molecule is CCN(CC)CCOCCNC(=O)C1(c2ccccc2)CCCCC1. The van der Waals surface area contributed by atoms with Crippen LogP contribution in [-0.4, -0.2) is 50.2 Å². The van der Waals surface area contributed by atoms with Crippen LogP contribution in [0, 0.1) is 0 Å². The smallest absolute Gasteiger partial charge is 0.230 e. The summed E-state index contributed by atoms with van der Waals surface area (Å²) in [6.45, 7) is 9.28. The molecule has 0 unspecified atom stereocenters. The number of ether oxygens (including phenoxy) is 1. The minimum absolute atomic E-state index is 0.172. The first kappa shape index (κ1) is 19.9. The van der Waals surface area contributed by atoms with Crippen molar-refractivity contribution in [2.75, 3.05) is 39.4 Å². The van der Waals surface area contributed by atoms with Crippen LogP contribution in [-0.2, 0) is 14.9 Å². The molecule has 0 saturated heterocycles. The molecule has 25 heavy (non-hydrogen) atoms. The summed E-state index contributed by atoms with van der Waals surface area (Å²) in [5.74, 6) is 0.172. The minimum atomic E-state index is -0.346. The van der Waals surface area contributed by atoms with Gasteiger partial charge in [0, 0.05) is 13.1 Å². The van der Waals surface area contributed by atoms with Crippen LogP contribution in [0.2, 0.25) is 0 Å². The summed E-state index contributed by atoms with van der Waals surface area (Å²) in [5.41, 5.74) is 0.815. The molecule has 1 N–H and O–H groups in total. The third-order valence-electron chi connectivity index (χ3n) is 5.45. The quantitative estimate of drug-likeness (QED) is 0.661.